The van der Waals surface area contributed by atoms with Crippen LogP contribution < -0.4 is 16.4 Å². The van der Waals surface area contributed by atoms with Crippen molar-refractivity contribution in [3.63, 3.8) is 0 Å². The molecule has 0 spiro atoms. The van der Waals surface area contributed by atoms with Crippen molar-refractivity contribution in [3.05, 3.63) is 0 Å². The maximum absolute atomic E-state index is 5.95. The summed E-state index contributed by atoms with van der Waals surface area (Å²) in [5, 5.41) is 6.83. The summed E-state index contributed by atoms with van der Waals surface area (Å²) in [6, 6.07) is 0.620. The van der Waals surface area contributed by atoms with Crippen LogP contribution in [0.4, 0.5) is 0 Å². The molecule has 0 aromatic heterocycles. The second kappa shape index (κ2) is 5.80. The van der Waals surface area contributed by atoms with Crippen LogP contribution in [-0.2, 0) is 0 Å². The zero-order chi connectivity index (χ0) is 10.5. The molecule has 4 nitrogen and oxygen atoms in total. The highest BCUT2D eigenvalue weighted by Gasteiger charge is 2.28. The first-order valence-electron chi connectivity index (χ1n) is 6.27. The molecule has 1 atom stereocenters. The molecule has 0 radical (unpaired) electrons. The van der Waals surface area contributed by atoms with E-state index in [0.29, 0.717) is 6.04 Å². The molecule has 2 saturated heterocycles. The fourth-order valence-corrected chi connectivity index (χ4v) is 2.88. The van der Waals surface area contributed by atoms with Crippen molar-refractivity contribution >= 4 is 0 Å². The van der Waals surface area contributed by atoms with Crippen molar-refractivity contribution in [2.75, 3.05) is 45.8 Å². The van der Waals surface area contributed by atoms with Crippen molar-refractivity contribution in [1.82, 2.24) is 15.5 Å². The normalized spacial score (nSPS) is 27.8. The van der Waals surface area contributed by atoms with Gasteiger partial charge in [0.15, 0.2) is 0 Å². The van der Waals surface area contributed by atoms with Crippen LogP contribution in [-0.4, -0.2) is 56.8 Å². The monoisotopic (exact) mass is 212 g/mol. The van der Waals surface area contributed by atoms with E-state index in [1.165, 1.54) is 39.0 Å². The predicted molar refractivity (Wildman–Crippen MR) is 62.9 cm³/mol. The zero-order valence-corrected chi connectivity index (χ0v) is 9.54. The number of hydrogen-bond acceptors (Lipinski definition) is 4. The minimum atomic E-state index is 0.620. The van der Waals surface area contributed by atoms with Gasteiger partial charge < -0.3 is 16.4 Å². The van der Waals surface area contributed by atoms with E-state index >= 15 is 0 Å². The number of rotatable bonds is 3. The summed E-state index contributed by atoms with van der Waals surface area (Å²) < 4.78 is 0. The Bertz CT molecular complexity index is 155. The summed E-state index contributed by atoms with van der Waals surface area (Å²) >= 11 is 0. The lowest BCUT2D eigenvalue weighted by molar-refractivity contribution is 0.112. The molecule has 15 heavy (non-hydrogen) atoms. The third-order valence-corrected chi connectivity index (χ3v) is 3.79. The van der Waals surface area contributed by atoms with Crippen LogP contribution in [0.2, 0.25) is 0 Å². The summed E-state index contributed by atoms with van der Waals surface area (Å²) in [5.74, 6) is 0.814. The smallest absolute Gasteiger partial charge is 0.0248 e. The van der Waals surface area contributed by atoms with E-state index in [1.807, 2.05) is 0 Å². The molecule has 2 aliphatic rings. The number of nitrogens with two attached hydrogens (primary N) is 1. The average Bonchev–Trinajstić information content (AvgIpc) is 2.33. The molecule has 2 aliphatic heterocycles. The third-order valence-electron chi connectivity index (χ3n) is 3.79. The lowest BCUT2D eigenvalue weighted by atomic mass is 9.89. The van der Waals surface area contributed by atoms with Gasteiger partial charge >= 0.3 is 0 Å². The first-order valence-corrected chi connectivity index (χ1v) is 6.27. The Labute approximate surface area is 92.6 Å². The molecular weight excluding hydrogens is 188 g/mol. The Kier molecular flexibility index (Phi) is 4.38. The Hall–Kier alpha value is -0.160. The first kappa shape index (κ1) is 11.3. The topological polar surface area (TPSA) is 53.3 Å². The molecule has 0 aliphatic carbocycles. The van der Waals surface area contributed by atoms with E-state index in [-0.39, 0.29) is 0 Å². The van der Waals surface area contributed by atoms with Gasteiger partial charge in [-0.2, -0.15) is 0 Å². The summed E-state index contributed by atoms with van der Waals surface area (Å²) in [4.78, 5) is 2.59. The van der Waals surface area contributed by atoms with Gasteiger partial charge in [-0.25, -0.2) is 0 Å². The number of piperazine rings is 1. The molecule has 4 heteroatoms. The zero-order valence-electron chi connectivity index (χ0n) is 9.54. The van der Waals surface area contributed by atoms with Crippen molar-refractivity contribution < 1.29 is 0 Å². The Morgan fingerprint density at radius 2 is 1.67 bits per heavy atom. The fraction of sp³-hybridized carbons (Fsp3) is 1.00. The van der Waals surface area contributed by atoms with Crippen LogP contribution in [0, 0.1) is 5.92 Å². The van der Waals surface area contributed by atoms with E-state index in [4.69, 9.17) is 5.73 Å². The molecule has 0 aromatic rings. The van der Waals surface area contributed by atoms with Gasteiger partial charge in [-0.3, -0.25) is 4.90 Å². The van der Waals surface area contributed by atoms with E-state index in [1.54, 1.807) is 0 Å². The van der Waals surface area contributed by atoms with Crippen molar-refractivity contribution in [3.8, 4) is 0 Å². The van der Waals surface area contributed by atoms with Crippen molar-refractivity contribution in [1.29, 1.82) is 0 Å². The molecule has 0 bridgehead atoms. The quantitative estimate of drug-likeness (QED) is 0.574. The van der Waals surface area contributed by atoms with Crippen molar-refractivity contribution in [2.24, 2.45) is 11.7 Å². The van der Waals surface area contributed by atoms with Crippen LogP contribution in [0.25, 0.3) is 0 Å². The standard InChI is InChI=1S/C11H24N4/c12-9-11(10-1-3-13-4-2-10)15-7-5-14-6-8-15/h10-11,13-14H,1-9,12H2. The Morgan fingerprint density at radius 1 is 1.07 bits per heavy atom. The lowest BCUT2D eigenvalue weighted by Crippen LogP contribution is -2.54. The van der Waals surface area contributed by atoms with Crippen molar-refractivity contribution in [2.45, 2.75) is 18.9 Å². The molecule has 0 amide bonds. The van der Waals surface area contributed by atoms with Gasteiger partial charge in [-0.15, -0.1) is 0 Å². The van der Waals surface area contributed by atoms with Crippen LogP contribution in [0.5, 0.6) is 0 Å². The second-order valence-corrected chi connectivity index (χ2v) is 4.68. The number of piperidine rings is 1. The molecule has 2 rings (SSSR count). The highest BCUT2D eigenvalue weighted by atomic mass is 15.2. The van der Waals surface area contributed by atoms with Gasteiger partial charge in [0.1, 0.15) is 0 Å². The second-order valence-electron chi connectivity index (χ2n) is 4.68. The number of hydrogen-bond donors (Lipinski definition) is 3. The summed E-state index contributed by atoms with van der Waals surface area (Å²) in [6.45, 7) is 7.77. The molecule has 2 heterocycles. The molecule has 2 fully saturated rings. The molecule has 0 aromatic carbocycles. The van der Waals surface area contributed by atoms with Gasteiger partial charge in [-0.1, -0.05) is 0 Å². The average molecular weight is 212 g/mol. The number of nitrogens with one attached hydrogen (secondary N) is 2. The Morgan fingerprint density at radius 3 is 2.27 bits per heavy atom. The molecule has 1 unspecified atom stereocenters. The van der Waals surface area contributed by atoms with Crippen LogP contribution >= 0.6 is 0 Å². The summed E-state index contributed by atoms with van der Waals surface area (Å²) in [6.07, 6.45) is 2.59. The summed E-state index contributed by atoms with van der Waals surface area (Å²) in [5.41, 5.74) is 5.95. The van der Waals surface area contributed by atoms with Gasteiger partial charge in [0.05, 0.1) is 0 Å². The third kappa shape index (κ3) is 2.91. The minimum absolute atomic E-state index is 0.620. The first-order chi connectivity index (χ1) is 7.42. The predicted octanol–water partition coefficient (Wildman–Crippen LogP) is -0.781. The highest BCUT2D eigenvalue weighted by molar-refractivity contribution is 4.85. The molecule has 4 N–H and O–H groups in total. The van der Waals surface area contributed by atoms with Gasteiger partial charge in [0.25, 0.3) is 0 Å². The fourth-order valence-electron chi connectivity index (χ4n) is 2.88. The van der Waals surface area contributed by atoms with Gasteiger partial charge in [0, 0.05) is 38.8 Å². The van der Waals surface area contributed by atoms with Gasteiger partial charge in [0.2, 0.25) is 0 Å². The SMILES string of the molecule is NCC(C1CCNCC1)N1CCNCC1. The lowest BCUT2D eigenvalue weighted by Gasteiger charge is -2.40. The molecule has 88 valence electrons. The highest BCUT2D eigenvalue weighted by Crippen LogP contribution is 2.20. The van der Waals surface area contributed by atoms with Crippen LogP contribution in [0.1, 0.15) is 12.8 Å². The maximum atomic E-state index is 5.95. The van der Waals surface area contributed by atoms with E-state index < -0.39 is 0 Å². The Balaban J connectivity index is 1.88. The van der Waals surface area contributed by atoms with Crippen LogP contribution in [0.3, 0.4) is 0 Å². The largest absolute Gasteiger partial charge is 0.329 e. The minimum Gasteiger partial charge on any atom is -0.329 e. The van der Waals surface area contributed by atoms with Crippen LogP contribution in [0.15, 0.2) is 0 Å². The summed E-state index contributed by atoms with van der Waals surface area (Å²) in [7, 11) is 0. The molecule has 0 saturated carbocycles. The van der Waals surface area contributed by atoms with E-state index in [9.17, 15) is 0 Å². The van der Waals surface area contributed by atoms with E-state index in [0.717, 1.165) is 25.6 Å². The molecular formula is C11H24N4. The van der Waals surface area contributed by atoms with E-state index in [2.05, 4.69) is 15.5 Å². The maximum Gasteiger partial charge on any atom is 0.0248 e. The van der Waals surface area contributed by atoms with Gasteiger partial charge in [-0.05, 0) is 31.8 Å². The number of nitrogens with zero attached hydrogens (tertiary/aromatic N) is 1.